The van der Waals surface area contributed by atoms with Gasteiger partial charge in [0, 0.05) is 30.1 Å². The van der Waals surface area contributed by atoms with E-state index in [2.05, 4.69) is 30.5 Å². The molecule has 0 amide bonds. The smallest absolute Gasteiger partial charge is 0.229 e. The normalized spacial score (nSPS) is 12.8. The summed E-state index contributed by atoms with van der Waals surface area (Å²) in [4.78, 5) is 14.4. The van der Waals surface area contributed by atoms with Gasteiger partial charge in [0.25, 0.3) is 0 Å². The minimum Gasteiger partial charge on any atom is -0.489 e. The molecule has 5 rings (SSSR count). The third-order valence-corrected chi connectivity index (χ3v) is 4.90. The van der Waals surface area contributed by atoms with Gasteiger partial charge in [-0.1, -0.05) is 12.1 Å². The fraction of sp³-hybridized carbons (Fsp3) is 0.136. The highest BCUT2D eigenvalue weighted by atomic mass is 19.1. The molecule has 31 heavy (non-hydrogen) atoms. The second-order valence-corrected chi connectivity index (χ2v) is 7.04. The molecular weight excluding hydrogens is 399 g/mol. The lowest BCUT2D eigenvalue weighted by molar-refractivity contribution is 0.311. The van der Waals surface area contributed by atoms with Crippen LogP contribution in [0.5, 0.6) is 5.75 Å². The predicted octanol–water partition coefficient (Wildman–Crippen LogP) is 4.59. The Bertz CT molecular complexity index is 1210. The van der Waals surface area contributed by atoms with Crippen LogP contribution in [0.1, 0.15) is 0 Å². The molecule has 0 unspecified atom stereocenters. The number of benzene rings is 2. The van der Waals surface area contributed by atoms with E-state index in [9.17, 15) is 4.39 Å². The maximum atomic E-state index is 14.4. The molecule has 0 atom stereocenters. The van der Waals surface area contributed by atoms with E-state index >= 15 is 0 Å². The van der Waals surface area contributed by atoms with E-state index in [-0.39, 0.29) is 11.8 Å². The zero-order valence-electron chi connectivity index (χ0n) is 16.7. The lowest BCUT2D eigenvalue weighted by atomic mass is 10.1. The second kappa shape index (κ2) is 7.94. The Kier molecular flexibility index (Phi) is 4.83. The van der Waals surface area contributed by atoms with Crippen LogP contribution in [-0.2, 0) is 0 Å². The van der Waals surface area contributed by atoms with Crippen LogP contribution in [0.15, 0.2) is 65.7 Å². The predicted molar refractivity (Wildman–Crippen MR) is 116 cm³/mol. The van der Waals surface area contributed by atoms with E-state index < -0.39 is 5.82 Å². The number of rotatable bonds is 5. The maximum absolute atomic E-state index is 14.4. The highest BCUT2D eigenvalue weighted by Gasteiger charge is 2.16. The Morgan fingerprint density at radius 2 is 1.97 bits per heavy atom. The fourth-order valence-electron chi connectivity index (χ4n) is 3.33. The quantitative estimate of drug-likeness (QED) is 0.487. The van der Waals surface area contributed by atoms with Gasteiger partial charge in [0.2, 0.25) is 5.95 Å². The lowest BCUT2D eigenvalue weighted by Crippen LogP contribution is -2.28. The second-order valence-electron chi connectivity index (χ2n) is 7.04. The Morgan fingerprint density at radius 3 is 2.84 bits per heavy atom. The first kappa shape index (κ1) is 18.9. The Balaban J connectivity index is 1.37. The molecule has 1 aliphatic heterocycles. The van der Waals surface area contributed by atoms with Crippen LogP contribution in [0.25, 0.3) is 11.3 Å². The number of fused-ring (bicyclic) bond motifs is 1. The highest BCUT2D eigenvalue weighted by Crippen LogP contribution is 2.34. The molecule has 2 aromatic heterocycles. The number of hydrogen-bond donors (Lipinski definition) is 2. The van der Waals surface area contributed by atoms with Gasteiger partial charge in [-0.05, 0) is 24.3 Å². The van der Waals surface area contributed by atoms with Gasteiger partial charge in [-0.3, -0.25) is 0 Å². The molecule has 9 heteroatoms. The van der Waals surface area contributed by atoms with E-state index in [1.165, 1.54) is 6.39 Å². The molecule has 0 aliphatic carbocycles. The number of ether oxygens (including phenoxy) is 1. The molecule has 0 saturated carbocycles. The summed E-state index contributed by atoms with van der Waals surface area (Å²) in [6.45, 7) is 1.43. The van der Waals surface area contributed by atoms with E-state index in [0.29, 0.717) is 18.1 Å². The standard InChI is InChI=1S/C22H19FN6O2/c1-29-7-8-30-19-10-16(5-6-18(19)29)26-21-17(23)11-25-22(28-21)27-15-4-2-3-14(9-15)20-12-24-13-31-20/h2-6,9-13H,7-8H2,1H3,(H2,25,26,27,28). The third kappa shape index (κ3) is 3.97. The first-order valence-electron chi connectivity index (χ1n) is 9.69. The fourth-order valence-corrected chi connectivity index (χ4v) is 3.33. The van der Waals surface area contributed by atoms with Crippen molar-refractivity contribution in [1.82, 2.24) is 15.0 Å². The van der Waals surface area contributed by atoms with Crippen molar-refractivity contribution in [2.75, 3.05) is 35.7 Å². The zero-order chi connectivity index (χ0) is 21.2. The van der Waals surface area contributed by atoms with E-state index in [4.69, 9.17) is 9.15 Å². The van der Waals surface area contributed by atoms with E-state index in [0.717, 1.165) is 35.4 Å². The van der Waals surface area contributed by atoms with E-state index in [1.54, 1.807) is 6.20 Å². The van der Waals surface area contributed by atoms with Gasteiger partial charge in [-0.25, -0.2) is 14.4 Å². The van der Waals surface area contributed by atoms with Crippen molar-refractivity contribution < 1.29 is 13.5 Å². The molecule has 8 nitrogen and oxygen atoms in total. The zero-order valence-corrected chi connectivity index (χ0v) is 16.7. The average Bonchev–Trinajstić information content (AvgIpc) is 3.32. The van der Waals surface area contributed by atoms with Crippen LogP contribution in [0.3, 0.4) is 0 Å². The minimum absolute atomic E-state index is 0.0630. The molecule has 0 radical (unpaired) electrons. The first-order chi connectivity index (χ1) is 15.2. The van der Waals surface area contributed by atoms with Crippen molar-refractivity contribution in [2.45, 2.75) is 0 Å². The van der Waals surface area contributed by atoms with Crippen molar-refractivity contribution in [3.8, 4) is 17.1 Å². The van der Waals surface area contributed by atoms with E-state index in [1.807, 2.05) is 49.5 Å². The van der Waals surface area contributed by atoms with Crippen molar-refractivity contribution in [3.63, 3.8) is 0 Å². The van der Waals surface area contributed by atoms with Crippen LogP contribution in [0.2, 0.25) is 0 Å². The Hall–Kier alpha value is -4.14. The summed E-state index contributed by atoms with van der Waals surface area (Å²) in [6, 6.07) is 13.1. The summed E-state index contributed by atoms with van der Waals surface area (Å²) >= 11 is 0. The first-order valence-corrected chi connectivity index (χ1v) is 9.69. The number of nitrogens with zero attached hydrogens (tertiary/aromatic N) is 4. The van der Waals surface area contributed by atoms with Crippen LogP contribution >= 0.6 is 0 Å². The maximum Gasteiger partial charge on any atom is 0.229 e. The van der Waals surface area contributed by atoms with Gasteiger partial charge in [-0.15, -0.1) is 0 Å². The SMILES string of the molecule is CN1CCOc2cc(Nc3nc(Nc4cccc(-c5cnco5)c4)ncc3F)ccc21. The van der Waals surface area contributed by atoms with Crippen molar-refractivity contribution >= 4 is 28.8 Å². The molecule has 0 bridgehead atoms. The van der Waals surface area contributed by atoms with Crippen LogP contribution < -0.4 is 20.3 Å². The van der Waals surface area contributed by atoms with Gasteiger partial charge in [-0.2, -0.15) is 4.98 Å². The van der Waals surface area contributed by atoms with Gasteiger partial charge in [0.1, 0.15) is 12.4 Å². The number of likely N-dealkylation sites (N-methyl/N-ethyl adjacent to an activating group) is 1. The molecule has 0 spiro atoms. The van der Waals surface area contributed by atoms with Gasteiger partial charge < -0.3 is 24.7 Å². The molecular formula is C22H19FN6O2. The summed E-state index contributed by atoms with van der Waals surface area (Å²) in [6.07, 6.45) is 4.14. The van der Waals surface area contributed by atoms with Crippen molar-refractivity contribution in [2.24, 2.45) is 0 Å². The van der Waals surface area contributed by atoms with Crippen LogP contribution in [0, 0.1) is 5.82 Å². The van der Waals surface area contributed by atoms with Crippen molar-refractivity contribution in [1.29, 1.82) is 0 Å². The summed E-state index contributed by atoms with van der Waals surface area (Å²) in [7, 11) is 2.01. The highest BCUT2D eigenvalue weighted by molar-refractivity contribution is 5.70. The Labute approximate surface area is 177 Å². The summed E-state index contributed by atoms with van der Waals surface area (Å²) in [5, 5.41) is 6.10. The average molecular weight is 418 g/mol. The van der Waals surface area contributed by atoms with Gasteiger partial charge >= 0.3 is 0 Å². The van der Waals surface area contributed by atoms with Crippen LogP contribution in [-0.4, -0.2) is 35.2 Å². The lowest BCUT2D eigenvalue weighted by Gasteiger charge is -2.28. The molecule has 2 aromatic carbocycles. The number of aromatic nitrogens is 3. The largest absolute Gasteiger partial charge is 0.489 e. The van der Waals surface area contributed by atoms with Gasteiger partial charge in [0.05, 0.1) is 24.6 Å². The number of hydrogen-bond acceptors (Lipinski definition) is 8. The molecule has 3 heterocycles. The third-order valence-electron chi connectivity index (χ3n) is 4.90. The number of nitrogens with one attached hydrogen (secondary N) is 2. The molecule has 0 saturated heterocycles. The summed E-state index contributed by atoms with van der Waals surface area (Å²) in [5.74, 6) is 1.15. The molecule has 1 aliphatic rings. The summed E-state index contributed by atoms with van der Waals surface area (Å²) < 4.78 is 25.4. The topological polar surface area (TPSA) is 88.3 Å². The molecule has 156 valence electrons. The molecule has 0 fully saturated rings. The Morgan fingerprint density at radius 1 is 1.06 bits per heavy atom. The van der Waals surface area contributed by atoms with Gasteiger partial charge in [0.15, 0.2) is 23.8 Å². The van der Waals surface area contributed by atoms with Crippen LogP contribution in [0.4, 0.5) is 33.2 Å². The van der Waals surface area contributed by atoms with Crippen molar-refractivity contribution in [3.05, 3.63) is 67.1 Å². The minimum atomic E-state index is -0.559. The number of anilines is 5. The molecule has 4 aromatic rings. The number of halogens is 1. The number of oxazole rings is 1. The molecule has 2 N–H and O–H groups in total. The monoisotopic (exact) mass is 418 g/mol. The summed E-state index contributed by atoms with van der Waals surface area (Å²) in [5.41, 5.74) is 3.25.